The molecule has 32 valence electrons. The van der Waals surface area contributed by atoms with E-state index in [9.17, 15) is 0 Å². The van der Waals surface area contributed by atoms with E-state index in [0.29, 0.717) is 0 Å². The molecule has 0 aliphatic rings. The minimum atomic E-state index is -1.53. The van der Waals surface area contributed by atoms with Gasteiger partial charge >= 0.3 is 39.6 Å². The van der Waals surface area contributed by atoms with E-state index in [-0.39, 0.29) is 0 Å². The molecule has 0 unspecified atom stereocenters. The van der Waals surface area contributed by atoms with Gasteiger partial charge in [0.25, 0.3) is 0 Å². The molecule has 0 aromatic heterocycles. The second-order valence-electron chi connectivity index (χ2n) is 2.07. The van der Waals surface area contributed by atoms with Crippen molar-refractivity contribution in [3.63, 3.8) is 0 Å². The van der Waals surface area contributed by atoms with Gasteiger partial charge < -0.3 is 0 Å². The van der Waals surface area contributed by atoms with Crippen LogP contribution >= 0.6 is 10.0 Å². The average molecular weight is 156 g/mol. The molecule has 0 saturated heterocycles. The van der Waals surface area contributed by atoms with Crippen LogP contribution < -0.4 is 0 Å². The molecule has 0 amide bonds. The number of hydrogen-bond donors (Lipinski definition) is 0. The first-order valence-corrected chi connectivity index (χ1v) is 10.7. The molecule has 0 bridgehead atoms. The van der Waals surface area contributed by atoms with Crippen LogP contribution in [0.3, 0.4) is 0 Å². The predicted octanol–water partition coefficient (Wildman–Crippen LogP) is 2.06. The Morgan fingerprint density at radius 3 is 1.20 bits per heavy atom. The molecule has 0 fully saturated rings. The van der Waals surface area contributed by atoms with Crippen molar-refractivity contribution in [1.82, 2.24) is 0 Å². The normalized spacial score (nSPS) is 12.0. The van der Waals surface area contributed by atoms with Crippen molar-refractivity contribution in [2.45, 2.75) is 17.3 Å². The van der Waals surface area contributed by atoms with Crippen LogP contribution in [0.2, 0.25) is 17.3 Å². The van der Waals surface area contributed by atoms with E-state index in [4.69, 9.17) is 10.0 Å². The predicted molar refractivity (Wildman–Crippen MR) is 29.2 cm³/mol. The molecule has 0 heterocycles. The Bertz CT molecular complexity index is 22.4. The summed E-state index contributed by atoms with van der Waals surface area (Å²) in [4.78, 5) is 0. The zero-order valence-electron chi connectivity index (χ0n) is 3.88. The molecule has 0 radical (unpaired) electrons. The monoisotopic (exact) mass is 156 g/mol. The van der Waals surface area contributed by atoms with E-state index in [1.807, 2.05) is 0 Å². The van der Waals surface area contributed by atoms with Crippen LogP contribution in [0.4, 0.5) is 0 Å². The standard InChI is InChI=1S/C3H9ClGe/c1-5(2,3)4/h1-3H3/i4+2,5+1. The fourth-order valence-electron chi connectivity index (χ4n) is 0. The summed E-state index contributed by atoms with van der Waals surface area (Å²) in [6.07, 6.45) is 0. The first kappa shape index (κ1) is 5.83. The SMILES string of the molecule is [CH3][74Ge]([CH3])([CH3])[37Cl]. The molecule has 0 N–H and O–H groups in total. The summed E-state index contributed by atoms with van der Waals surface area (Å²) in [7, 11) is 5.72. The van der Waals surface area contributed by atoms with Crippen molar-refractivity contribution < 1.29 is 0 Å². The fourth-order valence-corrected chi connectivity index (χ4v) is 0. The molecule has 5 heavy (non-hydrogen) atoms. The van der Waals surface area contributed by atoms with E-state index in [1.54, 1.807) is 0 Å². The van der Waals surface area contributed by atoms with Gasteiger partial charge in [0.05, 0.1) is 0 Å². The Labute approximate surface area is 40.1 Å². The summed E-state index contributed by atoms with van der Waals surface area (Å²) < 4.78 is 0. The van der Waals surface area contributed by atoms with Crippen LogP contribution in [-0.2, 0) is 0 Å². The van der Waals surface area contributed by atoms with Crippen molar-refractivity contribution in [3.8, 4) is 0 Å². The van der Waals surface area contributed by atoms with Crippen LogP contribution in [0.5, 0.6) is 0 Å². The molecular formula is C3H9ClGe. The van der Waals surface area contributed by atoms with Gasteiger partial charge in [0, 0.05) is 0 Å². The summed E-state index contributed by atoms with van der Waals surface area (Å²) in [6.45, 7) is 0. The molecular weight excluding hydrogens is 147 g/mol. The van der Waals surface area contributed by atoms with Gasteiger partial charge in [-0.3, -0.25) is 0 Å². The topological polar surface area (TPSA) is 0 Å². The summed E-state index contributed by atoms with van der Waals surface area (Å²) in [5.74, 6) is 6.42. The van der Waals surface area contributed by atoms with Crippen molar-refractivity contribution in [1.29, 1.82) is 0 Å². The van der Waals surface area contributed by atoms with Gasteiger partial charge in [-0.1, -0.05) is 0 Å². The Kier molecular flexibility index (Phi) is 1.77. The van der Waals surface area contributed by atoms with Gasteiger partial charge in [-0.05, 0) is 0 Å². The first-order chi connectivity index (χ1) is 2.00. The van der Waals surface area contributed by atoms with Gasteiger partial charge in [0.2, 0.25) is 0 Å². The molecule has 0 nitrogen and oxygen atoms in total. The van der Waals surface area contributed by atoms with Crippen molar-refractivity contribution in [2.24, 2.45) is 0 Å². The third-order valence-corrected chi connectivity index (χ3v) is 0. The van der Waals surface area contributed by atoms with Crippen LogP contribution in [0.25, 0.3) is 0 Å². The molecule has 0 spiro atoms. The summed E-state index contributed by atoms with van der Waals surface area (Å²) in [6, 6.07) is 0. The number of hydrogen-bond acceptors (Lipinski definition) is 0. The van der Waals surface area contributed by atoms with E-state index in [2.05, 4.69) is 17.3 Å². The molecule has 0 atom stereocenters. The Hall–Kier alpha value is 0.833. The molecule has 0 aliphatic heterocycles. The van der Waals surface area contributed by atoms with Crippen molar-refractivity contribution >= 4 is 22.3 Å². The molecule has 2 heteroatoms. The summed E-state index contributed by atoms with van der Waals surface area (Å²) >= 11 is -1.53. The molecule has 0 saturated carbocycles. The van der Waals surface area contributed by atoms with Crippen molar-refractivity contribution in [2.75, 3.05) is 0 Å². The van der Waals surface area contributed by atoms with Gasteiger partial charge in [-0.2, -0.15) is 0 Å². The second-order valence-corrected chi connectivity index (χ2v) is 16.6. The van der Waals surface area contributed by atoms with Gasteiger partial charge in [0.1, 0.15) is 0 Å². The summed E-state index contributed by atoms with van der Waals surface area (Å²) in [5.41, 5.74) is 0. The number of rotatable bonds is 0. The Morgan fingerprint density at radius 2 is 1.20 bits per heavy atom. The van der Waals surface area contributed by atoms with E-state index >= 15 is 0 Å². The van der Waals surface area contributed by atoms with Gasteiger partial charge in [0.15, 0.2) is 0 Å². The average Bonchev–Trinajstić information content (AvgIpc) is 0.722. The maximum absolute atomic E-state index is 5.72. The molecule has 0 aromatic carbocycles. The maximum atomic E-state index is 5.72. The van der Waals surface area contributed by atoms with Crippen LogP contribution in [0.15, 0.2) is 0 Å². The quantitative estimate of drug-likeness (QED) is 0.471. The molecule has 0 rings (SSSR count). The zero-order valence-corrected chi connectivity index (χ0v) is 6.73. The second kappa shape index (κ2) is 1.52. The van der Waals surface area contributed by atoms with E-state index < -0.39 is 12.3 Å². The van der Waals surface area contributed by atoms with Gasteiger partial charge in [-0.25, -0.2) is 0 Å². The summed E-state index contributed by atoms with van der Waals surface area (Å²) in [5, 5.41) is 0. The third-order valence-electron chi connectivity index (χ3n) is 0. The molecule has 0 aromatic rings. The van der Waals surface area contributed by atoms with Crippen molar-refractivity contribution in [3.05, 3.63) is 0 Å². The number of halogens is 1. The zero-order chi connectivity index (χ0) is 4.50. The van der Waals surface area contributed by atoms with E-state index in [1.165, 1.54) is 0 Å². The van der Waals surface area contributed by atoms with E-state index in [0.717, 1.165) is 0 Å². The van der Waals surface area contributed by atoms with Gasteiger partial charge in [-0.15, -0.1) is 0 Å². The Morgan fingerprint density at radius 1 is 1.20 bits per heavy atom. The fraction of sp³-hybridized carbons (Fsp3) is 1.00. The third kappa shape index (κ3) is 55.9. The van der Waals surface area contributed by atoms with Crippen LogP contribution in [0.1, 0.15) is 0 Å². The molecule has 0 aliphatic carbocycles. The Balaban J connectivity index is 3.02. The minimum absolute atomic E-state index is 1.53. The van der Waals surface area contributed by atoms with Crippen LogP contribution in [0, 0.1) is 0 Å². The first-order valence-electron chi connectivity index (χ1n) is 1.69. The van der Waals surface area contributed by atoms with Crippen LogP contribution in [-0.4, -0.2) is 12.3 Å².